The number of nitrogens with one attached hydrogen (secondary N) is 1. The number of carbonyl (C=O) groups excluding carboxylic acids is 2. The smallest absolute Gasteiger partial charge is 0.329 e. The molecule has 27 heavy (non-hydrogen) atoms. The average Bonchev–Trinajstić information content (AvgIpc) is 3.33. The van der Waals surface area contributed by atoms with Crippen LogP contribution >= 0.6 is 11.8 Å². The van der Waals surface area contributed by atoms with Crippen LogP contribution in [0.4, 0.5) is 10.5 Å². The number of amides is 3. The number of rotatable bonds is 3. The first-order valence-electron chi connectivity index (χ1n) is 8.94. The van der Waals surface area contributed by atoms with Crippen LogP contribution in [0.1, 0.15) is 41.3 Å². The molecule has 2 aliphatic heterocycles. The van der Waals surface area contributed by atoms with Gasteiger partial charge in [-0.1, -0.05) is 5.16 Å². The molecule has 7 nitrogen and oxygen atoms in total. The number of urea groups is 1. The monoisotopic (exact) mass is 382 g/mol. The molecule has 3 amide bonds. The first kappa shape index (κ1) is 16.6. The van der Waals surface area contributed by atoms with Gasteiger partial charge in [0.15, 0.2) is 0 Å². The van der Waals surface area contributed by atoms with E-state index in [-0.39, 0.29) is 11.9 Å². The predicted molar refractivity (Wildman–Crippen MR) is 101 cm³/mol. The van der Waals surface area contributed by atoms with Crippen LogP contribution in [0.25, 0.3) is 4.91 Å². The lowest BCUT2D eigenvalue weighted by Crippen LogP contribution is -2.60. The zero-order valence-electron chi connectivity index (χ0n) is 14.9. The van der Waals surface area contributed by atoms with Crippen molar-refractivity contribution in [2.45, 2.75) is 43.9 Å². The molecule has 0 aromatic carbocycles. The summed E-state index contributed by atoms with van der Waals surface area (Å²) in [7, 11) is 0. The zero-order chi connectivity index (χ0) is 18.7. The Kier molecular flexibility index (Phi) is 3.65. The van der Waals surface area contributed by atoms with Gasteiger partial charge in [-0.2, -0.15) is 0 Å². The number of fused-ring (bicyclic) bond motifs is 1. The largest absolute Gasteiger partial charge is 0.361 e. The van der Waals surface area contributed by atoms with Crippen molar-refractivity contribution in [2.75, 3.05) is 4.90 Å². The minimum atomic E-state index is -0.409. The molecule has 8 heteroatoms. The molecular formula is C19H18N4O3S. The highest BCUT2D eigenvalue weighted by Gasteiger charge is 2.46. The predicted octanol–water partition coefficient (Wildman–Crippen LogP) is 3.15. The number of aryl methyl sites for hydroxylation is 2. The Morgan fingerprint density at radius 3 is 2.78 bits per heavy atom. The summed E-state index contributed by atoms with van der Waals surface area (Å²) in [6.45, 7) is 3.72. The van der Waals surface area contributed by atoms with Crippen LogP contribution in [-0.2, 0) is 4.79 Å². The van der Waals surface area contributed by atoms with E-state index in [2.05, 4.69) is 15.5 Å². The highest BCUT2D eigenvalue weighted by atomic mass is 32.2. The second-order valence-corrected chi connectivity index (χ2v) is 8.35. The number of hydrogen-bond acceptors (Lipinski definition) is 6. The van der Waals surface area contributed by atoms with E-state index in [9.17, 15) is 9.59 Å². The van der Waals surface area contributed by atoms with Crippen LogP contribution in [0.3, 0.4) is 0 Å². The van der Waals surface area contributed by atoms with E-state index in [0.29, 0.717) is 17.4 Å². The van der Waals surface area contributed by atoms with Crippen molar-refractivity contribution in [3.05, 3.63) is 47.1 Å². The third kappa shape index (κ3) is 2.66. The van der Waals surface area contributed by atoms with Gasteiger partial charge in [0.05, 0.1) is 29.2 Å². The number of anilines is 1. The summed E-state index contributed by atoms with van der Waals surface area (Å²) >= 11 is 1.45. The normalized spacial score (nSPS) is 24.7. The number of carbonyl (C=O) groups is 2. The number of thioether (sulfide) groups is 1. The van der Waals surface area contributed by atoms with Crippen molar-refractivity contribution in [3.63, 3.8) is 0 Å². The standard InChI is InChI=1S/C19H18N4O3S/c1-9-16(10(2)26-22-9)15-6-14-17(27-15)18(24)23(19(25)21-14)13-5-12(7-20-8-13)11-3-4-11/h5-8,11,14,17H,3-4H2,1-2H3,(H,21,25). The molecule has 0 bridgehead atoms. The van der Waals surface area contributed by atoms with E-state index < -0.39 is 11.3 Å². The van der Waals surface area contributed by atoms with Crippen molar-refractivity contribution in [1.29, 1.82) is 0 Å². The molecule has 1 saturated heterocycles. The molecule has 2 aromatic rings. The van der Waals surface area contributed by atoms with Gasteiger partial charge in [-0.05, 0) is 50.3 Å². The van der Waals surface area contributed by atoms with Crippen molar-refractivity contribution in [1.82, 2.24) is 15.5 Å². The maximum atomic E-state index is 13.1. The third-order valence-electron chi connectivity index (χ3n) is 5.20. The Morgan fingerprint density at radius 1 is 1.26 bits per heavy atom. The van der Waals surface area contributed by atoms with Crippen LogP contribution in [0.5, 0.6) is 0 Å². The number of imide groups is 1. The highest BCUT2D eigenvalue weighted by molar-refractivity contribution is 8.09. The van der Waals surface area contributed by atoms with Gasteiger partial charge in [-0.15, -0.1) is 11.8 Å². The van der Waals surface area contributed by atoms with Gasteiger partial charge in [-0.25, -0.2) is 9.69 Å². The topological polar surface area (TPSA) is 88.3 Å². The molecular weight excluding hydrogens is 364 g/mol. The van der Waals surface area contributed by atoms with Crippen LogP contribution in [0.2, 0.25) is 0 Å². The summed E-state index contributed by atoms with van der Waals surface area (Å²) in [4.78, 5) is 32.2. The molecule has 1 aliphatic carbocycles. The summed E-state index contributed by atoms with van der Waals surface area (Å²) in [5.41, 5.74) is 3.30. The summed E-state index contributed by atoms with van der Waals surface area (Å²) in [5.74, 6) is 0.991. The number of hydrogen-bond donors (Lipinski definition) is 1. The van der Waals surface area contributed by atoms with E-state index in [1.165, 1.54) is 16.7 Å². The minimum Gasteiger partial charge on any atom is -0.361 e. The number of aromatic nitrogens is 2. The van der Waals surface area contributed by atoms with Gasteiger partial charge in [0.25, 0.3) is 5.91 Å². The molecule has 0 radical (unpaired) electrons. The minimum absolute atomic E-state index is 0.221. The maximum absolute atomic E-state index is 13.1. The third-order valence-corrected chi connectivity index (χ3v) is 6.54. The van der Waals surface area contributed by atoms with Gasteiger partial charge in [0.1, 0.15) is 11.0 Å². The molecule has 0 spiro atoms. The Hall–Kier alpha value is -2.61. The molecule has 2 atom stereocenters. The van der Waals surface area contributed by atoms with Crippen molar-refractivity contribution >= 4 is 34.3 Å². The van der Waals surface area contributed by atoms with Crippen LogP contribution in [0.15, 0.2) is 29.1 Å². The number of nitrogens with zero attached hydrogens (tertiary/aromatic N) is 3. The lowest BCUT2D eigenvalue weighted by molar-refractivity contribution is -0.118. The second-order valence-electron chi connectivity index (χ2n) is 7.17. The molecule has 2 aromatic heterocycles. The van der Waals surface area contributed by atoms with Gasteiger partial charge < -0.3 is 9.84 Å². The molecule has 1 saturated carbocycles. The fraction of sp³-hybridized carbons (Fsp3) is 0.368. The highest BCUT2D eigenvalue weighted by Crippen LogP contribution is 2.45. The fourth-order valence-electron chi connectivity index (χ4n) is 3.68. The number of pyridine rings is 1. The van der Waals surface area contributed by atoms with Gasteiger partial charge in [0.2, 0.25) is 0 Å². The Labute approximate surface area is 160 Å². The maximum Gasteiger partial charge on any atom is 0.329 e. The zero-order valence-corrected chi connectivity index (χ0v) is 15.7. The van der Waals surface area contributed by atoms with Gasteiger partial charge >= 0.3 is 6.03 Å². The average molecular weight is 382 g/mol. The van der Waals surface area contributed by atoms with Gasteiger partial charge in [0, 0.05) is 11.1 Å². The van der Waals surface area contributed by atoms with Crippen molar-refractivity contribution < 1.29 is 14.1 Å². The van der Waals surface area contributed by atoms with Crippen LogP contribution in [0, 0.1) is 13.8 Å². The summed E-state index contributed by atoms with van der Waals surface area (Å²) in [6, 6.07) is 1.16. The Bertz CT molecular complexity index is 975. The summed E-state index contributed by atoms with van der Waals surface area (Å²) in [5, 5.41) is 6.52. The molecule has 5 rings (SSSR count). The first-order chi connectivity index (χ1) is 13.0. The van der Waals surface area contributed by atoms with E-state index in [4.69, 9.17) is 4.52 Å². The quantitative estimate of drug-likeness (QED) is 0.877. The lowest BCUT2D eigenvalue weighted by Gasteiger charge is -2.33. The summed E-state index contributed by atoms with van der Waals surface area (Å²) < 4.78 is 5.25. The first-order valence-corrected chi connectivity index (χ1v) is 9.82. The second kappa shape index (κ2) is 5.95. The Balaban J connectivity index is 1.45. The van der Waals surface area contributed by atoms with E-state index in [0.717, 1.165) is 34.6 Å². The van der Waals surface area contributed by atoms with Crippen LogP contribution < -0.4 is 10.2 Å². The van der Waals surface area contributed by atoms with E-state index in [1.54, 1.807) is 6.20 Å². The molecule has 2 fully saturated rings. The molecule has 3 aliphatic rings. The molecule has 138 valence electrons. The van der Waals surface area contributed by atoms with E-state index >= 15 is 0 Å². The molecule has 4 heterocycles. The summed E-state index contributed by atoms with van der Waals surface area (Å²) in [6.07, 6.45) is 7.59. The fourth-order valence-corrected chi connectivity index (χ4v) is 5.09. The lowest BCUT2D eigenvalue weighted by atomic mass is 10.1. The molecule has 2 unspecified atom stereocenters. The van der Waals surface area contributed by atoms with E-state index in [1.807, 2.05) is 32.2 Å². The molecule has 1 N–H and O–H groups in total. The van der Waals surface area contributed by atoms with Gasteiger partial charge in [-0.3, -0.25) is 9.78 Å². The SMILES string of the molecule is Cc1noc(C)c1C1=CC2NC(=O)N(c3cncc(C4CC4)c3)C(=O)C2S1. The Morgan fingerprint density at radius 2 is 2.07 bits per heavy atom. The van der Waals surface area contributed by atoms with Crippen LogP contribution in [-0.4, -0.2) is 33.4 Å². The van der Waals surface area contributed by atoms with Crippen molar-refractivity contribution in [2.24, 2.45) is 0 Å². The van der Waals surface area contributed by atoms with Crippen molar-refractivity contribution in [3.8, 4) is 0 Å².